The molecule has 0 atom stereocenters. The van der Waals surface area contributed by atoms with Crippen molar-refractivity contribution in [3.63, 3.8) is 0 Å². The average molecular weight is 223 g/mol. The van der Waals surface area contributed by atoms with Gasteiger partial charge in [-0.05, 0) is 6.92 Å². The van der Waals surface area contributed by atoms with E-state index in [0.29, 0.717) is 6.54 Å². The highest BCUT2D eigenvalue weighted by Crippen LogP contribution is 2.22. The first kappa shape index (κ1) is 11.7. The highest BCUT2D eigenvalue weighted by Gasteiger charge is 2.27. The molecule has 0 aliphatic heterocycles. The highest BCUT2D eigenvalue weighted by molar-refractivity contribution is 5.45. The van der Waals surface area contributed by atoms with Crippen molar-refractivity contribution in [2.24, 2.45) is 0 Å². The Bertz CT molecular complexity index is 321. The normalized spacial score (nSPS) is 11.7. The van der Waals surface area contributed by atoms with Gasteiger partial charge in [0.15, 0.2) is 0 Å². The molecular weight excluding hydrogens is 211 g/mol. The van der Waals surface area contributed by atoms with E-state index in [1.165, 1.54) is 10.9 Å². The van der Waals surface area contributed by atoms with Crippen molar-refractivity contribution in [1.82, 2.24) is 9.78 Å². The molecule has 0 fully saturated rings. The van der Waals surface area contributed by atoms with Gasteiger partial charge in [-0.3, -0.25) is 4.68 Å². The molecule has 0 aliphatic rings. The number of anilines is 1. The predicted molar refractivity (Wildman–Crippen MR) is 48.5 cm³/mol. The molecule has 0 saturated carbocycles. The minimum Gasteiger partial charge on any atom is -0.475 e. The number of rotatable bonds is 4. The lowest BCUT2D eigenvalue weighted by molar-refractivity contribution is -0.139. The zero-order valence-electron chi connectivity index (χ0n) is 8.21. The van der Waals surface area contributed by atoms with Crippen molar-refractivity contribution < 1.29 is 17.9 Å². The topological polar surface area (TPSA) is 53.1 Å². The van der Waals surface area contributed by atoms with Crippen LogP contribution in [-0.2, 0) is 6.54 Å². The number of nitrogens with zero attached hydrogens (tertiary/aromatic N) is 2. The second-order valence-corrected chi connectivity index (χ2v) is 2.96. The second-order valence-electron chi connectivity index (χ2n) is 2.96. The number of aryl methyl sites for hydroxylation is 1. The number of ether oxygens (including phenoxy) is 1. The Morgan fingerprint density at radius 2 is 2.20 bits per heavy atom. The van der Waals surface area contributed by atoms with Crippen molar-refractivity contribution in [2.45, 2.75) is 26.1 Å². The molecule has 0 aromatic carbocycles. The monoisotopic (exact) mass is 223 g/mol. The Labute approximate surface area is 84.8 Å². The SMILES string of the molecule is CCn1cc(N)c(OCCC(F)(F)F)n1. The van der Waals surface area contributed by atoms with Gasteiger partial charge >= 0.3 is 6.18 Å². The molecule has 86 valence electrons. The minimum absolute atomic E-state index is 0.0566. The molecule has 0 spiro atoms. The summed E-state index contributed by atoms with van der Waals surface area (Å²) < 4.78 is 41.7. The first-order valence-corrected chi connectivity index (χ1v) is 4.45. The van der Waals surface area contributed by atoms with Gasteiger partial charge in [-0.15, -0.1) is 5.10 Å². The molecular formula is C8H12F3N3O. The third-order valence-corrected chi connectivity index (χ3v) is 1.70. The average Bonchev–Trinajstić information content (AvgIpc) is 2.45. The van der Waals surface area contributed by atoms with Crippen LogP contribution in [0, 0.1) is 0 Å². The molecule has 0 radical (unpaired) electrons. The van der Waals surface area contributed by atoms with Gasteiger partial charge < -0.3 is 10.5 Å². The summed E-state index contributed by atoms with van der Waals surface area (Å²) >= 11 is 0. The van der Waals surface area contributed by atoms with Crippen LogP contribution in [0.5, 0.6) is 5.88 Å². The summed E-state index contributed by atoms with van der Waals surface area (Å²) in [5, 5.41) is 3.85. The summed E-state index contributed by atoms with van der Waals surface area (Å²) in [6.07, 6.45) is -3.71. The van der Waals surface area contributed by atoms with Crippen molar-refractivity contribution >= 4 is 5.69 Å². The third-order valence-electron chi connectivity index (χ3n) is 1.70. The molecule has 0 aliphatic carbocycles. The molecule has 0 amide bonds. The quantitative estimate of drug-likeness (QED) is 0.847. The van der Waals surface area contributed by atoms with Gasteiger partial charge in [0.05, 0.1) is 19.2 Å². The van der Waals surface area contributed by atoms with Crippen LogP contribution in [-0.4, -0.2) is 22.6 Å². The highest BCUT2D eigenvalue weighted by atomic mass is 19.4. The summed E-state index contributed by atoms with van der Waals surface area (Å²) in [6, 6.07) is 0. The minimum atomic E-state index is -4.22. The number of hydrogen-bond acceptors (Lipinski definition) is 3. The second kappa shape index (κ2) is 4.41. The Hall–Kier alpha value is -1.40. The lowest BCUT2D eigenvalue weighted by Crippen LogP contribution is -2.13. The molecule has 1 heterocycles. The van der Waals surface area contributed by atoms with Crippen molar-refractivity contribution in [1.29, 1.82) is 0 Å². The third kappa shape index (κ3) is 3.69. The summed E-state index contributed by atoms with van der Waals surface area (Å²) in [6.45, 7) is 1.97. The van der Waals surface area contributed by atoms with E-state index in [1.807, 2.05) is 6.92 Å². The van der Waals surface area contributed by atoms with E-state index in [2.05, 4.69) is 5.10 Å². The molecule has 0 unspecified atom stereocenters. The fourth-order valence-corrected chi connectivity index (χ4v) is 0.957. The molecule has 0 saturated heterocycles. The molecule has 4 nitrogen and oxygen atoms in total. The maximum atomic E-state index is 11.8. The van der Waals surface area contributed by atoms with E-state index in [1.54, 1.807) is 0 Å². The lowest BCUT2D eigenvalue weighted by Gasteiger charge is -2.06. The van der Waals surface area contributed by atoms with Crippen LogP contribution in [0.3, 0.4) is 0 Å². The van der Waals surface area contributed by atoms with Crippen molar-refractivity contribution in [2.75, 3.05) is 12.3 Å². The van der Waals surface area contributed by atoms with Crippen LogP contribution >= 0.6 is 0 Å². The van der Waals surface area contributed by atoms with E-state index in [-0.39, 0.29) is 11.6 Å². The Balaban J connectivity index is 2.47. The number of hydrogen-bond donors (Lipinski definition) is 1. The van der Waals surface area contributed by atoms with E-state index in [9.17, 15) is 13.2 Å². The van der Waals surface area contributed by atoms with Crippen LogP contribution in [0.25, 0.3) is 0 Å². The van der Waals surface area contributed by atoms with Gasteiger partial charge in [0.1, 0.15) is 5.69 Å². The largest absolute Gasteiger partial charge is 0.475 e. The fourth-order valence-electron chi connectivity index (χ4n) is 0.957. The van der Waals surface area contributed by atoms with Crippen molar-refractivity contribution in [3.05, 3.63) is 6.20 Å². The lowest BCUT2D eigenvalue weighted by atomic mass is 10.4. The number of nitrogen functional groups attached to an aromatic ring is 1. The van der Waals surface area contributed by atoms with E-state index < -0.39 is 19.2 Å². The Morgan fingerprint density at radius 1 is 1.53 bits per heavy atom. The maximum absolute atomic E-state index is 11.8. The van der Waals surface area contributed by atoms with E-state index >= 15 is 0 Å². The van der Waals surface area contributed by atoms with Crippen LogP contribution in [0.1, 0.15) is 13.3 Å². The maximum Gasteiger partial charge on any atom is 0.392 e. The summed E-state index contributed by atoms with van der Waals surface area (Å²) in [5.74, 6) is 0.0566. The standard InChI is InChI=1S/C8H12F3N3O/c1-2-14-5-6(12)7(13-14)15-4-3-8(9,10)11/h5H,2-4,12H2,1H3. The van der Waals surface area contributed by atoms with Gasteiger partial charge in [-0.1, -0.05) is 0 Å². The van der Waals surface area contributed by atoms with Gasteiger partial charge in [0.2, 0.25) is 0 Å². The molecule has 0 bridgehead atoms. The van der Waals surface area contributed by atoms with E-state index in [0.717, 1.165) is 0 Å². The van der Waals surface area contributed by atoms with Crippen LogP contribution in [0.4, 0.5) is 18.9 Å². The predicted octanol–water partition coefficient (Wildman–Crippen LogP) is 1.82. The van der Waals surface area contributed by atoms with Gasteiger partial charge in [0, 0.05) is 6.54 Å². The number of halogens is 3. The van der Waals surface area contributed by atoms with Crippen LogP contribution in [0.2, 0.25) is 0 Å². The summed E-state index contributed by atoms with van der Waals surface area (Å²) in [4.78, 5) is 0. The molecule has 2 N–H and O–H groups in total. The first-order chi connectivity index (χ1) is 6.92. The molecule has 7 heteroatoms. The molecule has 15 heavy (non-hydrogen) atoms. The van der Waals surface area contributed by atoms with Gasteiger partial charge in [0.25, 0.3) is 5.88 Å². The van der Waals surface area contributed by atoms with Gasteiger partial charge in [-0.25, -0.2) is 0 Å². The summed E-state index contributed by atoms with van der Waals surface area (Å²) in [5.41, 5.74) is 5.73. The zero-order chi connectivity index (χ0) is 11.5. The summed E-state index contributed by atoms with van der Waals surface area (Å²) in [7, 11) is 0. The molecule has 1 aromatic rings. The Morgan fingerprint density at radius 3 is 2.67 bits per heavy atom. The number of alkyl halides is 3. The number of nitrogens with two attached hydrogens (primary N) is 1. The fraction of sp³-hybridized carbons (Fsp3) is 0.625. The molecule has 1 rings (SSSR count). The van der Waals surface area contributed by atoms with Crippen molar-refractivity contribution in [3.8, 4) is 5.88 Å². The van der Waals surface area contributed by atoms with Crippen LogP contribution in [0.15, 0.2) is 6.20 Å². The van der Waals surface area contributed by atoms with E-state index in [4.69, 9.17) is 10.5 Å². The smallest absolute Gasteiger partial charge is 0.392 e. The number of aromatic nitrogens is 2. The zero-order valence-corrected chi connectivity index (χ0v) is 8.21. The first-order valence-electron chi connectivity index (χ1n) is 4.45. The van der Waals surface area contributed by atoms with Gasteiger partial charge in [-0.2, -0.15) is 13.2 Å². The molecule has 1 aromatic heterocycles. The Kier molecular flexibility index (Phi) is 3.43. The van der Waals surface area contributed by atoms with Crippen LogP contribution < -0.4 is 10.5 Å².